The fraction of sp³-hybridized carbons (Fsp3) is 0.0526. The van der Waals surface area contributed by atoms with Crippen molar-refractivity contribution >= 4 is 15.7 Å². The number of rotatable bonds is 6. The third-order valence-electron chi connectivity index (χ3n) is 3.90. The van der Waals surface area contributed by atoms with Crippen LogP contribution in [-0.4, -0.2) is 28.4 Å². The van der Waals surface area contributed by atoms with Crippen LogP contribution in [0.3, 0.4) is 0 Å². The number of hydrogen-bond donors (Lipinski definition) is 2. The number of aromatic amines is 1. The van der Waals surface area contributed by atoms with E-state index in [0.717, 1.165) is 11.4 Å². The van der Waals surface area contributed by atoms with Gasteiger partial charge in [-0.05, 0) is 43.3 Å². The number of aromatic nitrogens is 4. The largest absolute Gasteiger partial charge is 0.438 e. The van der Waals surface area contributed by atoms with Gasteiger partial charge in [0.05, 0.1) is 18.1 Å². The summed E-state index contributed by atoms with van der Waals surface area (Å²) in [7, 11) is -3.76. The zero-order valence-corrected chi connectivity index (χ0v) is 15.7. The van der Waals surface area contributed by atoms with Crippen LogP contribution in [0.15, 0.2) is 78.0 Å². The highest BCUT2D eigenvalue weighted by Gasteiger charge is 2.17. The third-order valence-corrected chi connectivity index (χ3v) is 5.24. The predicted octanol–water partition coefficient (Wildman–Crippen LogP) is 3.50. The van der Waals surface area contributed by atoms with Crippen molar-refractivity contribution in [3.8, 4) is 17.3 Å². The number of hydrogen-bond acceptors (Lipinski definition) is 5. The second kappa shape index (κ2) is 7.20. The van der Waals surface area contributed by atoms with Crippen LogP contribution in [-0.2, 0) is 10.0 Å². The number of aryl methyl sites for hydroxylation is 1. The Labute approximate surface area is 161 Å². The van der Waals surface area contributed by atoms with E-state index in [1.165, 1.54) is 17.1 Å². The maximum absolute atomic E-state index is 12.6. The van der Waals surface area contributed by atoms with E-state index in [-0.39, 0.29) is 4.90 Å². The van der Waals surface area contributed by atoms with E-state index < -0.39 is 10.0 Å². The first-order valence-corrected chi connectivity index (χ1v) is 9.91. The Morgan fingerprint density at radius 3 is 2.50 bits per heavy atom. The third kappa shape index (κ3) is 3.89. The average molecular weight is 395 g/mol. The molecule has 0 aliphatic heterocycles. The van der Waals surface area contributed by atoms with Crippen LogP contribution in [0.2, 0.25) is 0 Å². The Kier molecular flexibility index (Phi) is 4.58. The van der Waals surface area contributed by atoms with E-state index in [1.807, 2.05) is 37.3 Å². The number of benzene rings is 2. The molecule has 0 spiro atoms. The van der Waals surface area contributed by atoms with Crippen LogP contribution in [0.5, 0.6) is 11.6 Å². The Hall–Kier alpha value is -3.59. The first-order chi connectivity index (χ1) is 13.5. The highest BCUT2D eigenvalue weighted by molar-refractivity contribution is 7.92. The van der Waals surface area contributed by atoms with Gasteiger partial charge in [0.1, 0.15) is 10.6 Å². The smallest absolute Gasteiger partial charge is 0.265 e. The van der Waals surface area contributed by atoms with Gasteiger partial charge >= 0.3 is 0 Å². The van der Waals surface area contributed by atoms with Crippen molar-refractivity contribution in [3.63, 3.8) is 0 Å². The molecule has 4 rings (SSSR count). The highest BCUT2D eigenvalue weighted by atomic mass is 32.2. The van der Waals surface area contributed by atoms with Gasteiger partial charge in [-0.25, -0.2) is 13.1 Å². The molecule has 0 amide bonds. The van der Waals surface area contributed by atoms with Gasteiger partial charge in [0, 0.05) is 17.4 Å². The van der Waals surface area contributed by atoms with Gasteiger partial charge in [-0.2, -0.15) is 5.10 Å². The molecule has 2 N–H and O–H groups in total. The van der Waals surface area contributed by atoms with Gasteiger partial charge < -0.3 is 4.74 Å². The van der Waals surface area contributed by atoms with Crippen LogP contribution in [0.25, 0.3) is 5.69 Å². The summed E-state index contributed by atoms with van der Waals surface area (Å²) < 4.78 is 34.9. The predicted molar refractivity (Wildman–Crippen MR) is 104 cm³/mol. The molecule has 0 radical (unpaired) electrons. The molecule has 142 valence electrons. The molecule has 0 saturated heterocycles. The number of ether oxygens (including phenoxy) is 1. The standard InChI is InChI=1S/C19H17N5O3S/c1-14-11-19(22-21-14)27-17-9-7-15(8-10-17)23-28(25,26)18-12-20-24(13-18)16-5-3-2-4-6-16/h2-13,23H,1H3,(H,21,22). The zero-order valence-electron chi connectivity index (χ0n) is 14.9. The van der Waals surface area contributed by atoms with Gasteiger partial charge in [0.2, 0.25) is 5.88 Å². The lowest BCUT2D eigenvalue weighted by molar-refractivity contribution is 0.461. The molecule has 0 unspecified atom stereocenters. The number of anilines is 1. The molecule has 8 nitrogen and oxygen atoms in total. The Bertz CT molecular complexity index is 1180. The summed E-state index contributed by atoms with van der Waals surface area (Å²) >= 11 is 0. The van der Waals surface area contributed by atoms with E-state index in [0.29, 0.717) is 17.3 Å². The summed E-state index contributed by atoms with van der Waals surface area (Å²) in [5, 5.41) is 10.9. The summed E-state index contributed by atoms with van der Waals surface area (Å²) in [6, 6.07) is 17.6. The Balaban J connectivity index is 1.48. The minimum Gasteiger partial charge on any atom is -0.438 e. The molecular weight excluding hydrogens is 378 g/mol. The minimum absolute atomic E-state index is 0.0728. The lowest BCUT2D eigenvalue weighted by atomic mass is 10.3. The van der Waals surface area contributed by atoms with Gasteiger partial charge in [-0.15, -0.1) is 5.10 Å². The molecule has 0 saturated carbocycles. The van der Waals surface area contributed by atoms with E-state index in [1.54, 1.807) is 30.3 Å². The van der Waals surface area contributed by atoms with Crippen molar-refractivity contribution < 1.29 is 13.2 Å². The second-order valence-electron chi connectivity index (χ2n) is 6.08. The van der Waals surface area contributed by atoms with Crippen molar-refractivity contribution in [2.24, 2.45) is 0 Å². The second-order valence-corrected chi connectivity index (χ2v) is 7.76. The molecule has 2 aromatic heterocycles. The van der Waals surface area contributed by atoms with E-state index >= 15 is 0 Å². The maximum atomic E-state index is 12.6. The Morgan fingerprint density at radius 1 is 1.07 bits per heavy atom. The monoisotopic (exact) mass is 395 g/mol. The number of nitrogens with one attached hydrogen (secondary N) is 2. The van der Waals surface area contributed by atoms with Crippen molar-refractivity contribution in [1.82, 2.24) is 20.0 Å². The van der Waals surface area contributed by atoms with Crippen molar-refractivity contribution in [1.29, 1.82) is 0 Å². The SMILES string of the molecule is Cc1cc(Oc2ccc(NS(=O)(=O)c3cnn(-c4ccccc4)c3)cc2)n[nH]1. The zero-order chi connectivity index (χ0) is 19.6. The van der Waals surface area contributed by atoms with E-state index in [9.17, 15) is 8.42 Å². The van der Waals surface area contributed by atoms with Crippen molar-refractivity contribution in [3.05, 3.63) is 78.8 Å². The molecule has 28 heavy (non-hydrogen) atoms. The molecular formula is C19H17N5O3S. The first-order valence-electron chi connectivity index (χ1n) is 8.42. The van der Waals surface area contributed by atoms with Crippen LogP contribution >= 0.6 is 0 Å². The molecule has 0 bridgehead atoms. The minimum atomic E-state index is -3.76. The van der Waals surface area contributed by atoms with Crippen LogP contribution in [0.1, 0.15) is 5.69 Å². The quantitative estimate of drug-likeness (QED) is 0.520. The summed E-state index contributed by atoms with van der Waals surface area (Å²) in [6.07, 6.45) is 2.78. The summed E-state index contributed by atoms with van der Waals surface area (Å²) in [5.74, 6) is 0.991. The lowest BCUT2D eigenvalue weighted by Gasteiger charge is -2.07. The fourth-order valence-electron chi connectivity index (χ4n) is 2.54. The molecule has 0 fully saturated rings. The van der Waals surface area contributed by atoms with Gasteiger partial charge in [0.25, 0.3) is 10.0 Å². The van der Waals surface area contributed by atoms with Crippen molar-refractivity contribution in [2.75, 3.05) is 4.72 Å². The highest BCUT2D eigenvalue weighted by Crippen LogP contribution is 2.23. The molecule has 2 aromatic carbocycles. The molecule has 0 atom stereocenters. The maximum Gasteiger partial charge on any atom is 0.265 e. The molecule has 0 aliphatic rings. The van der Waals surface area contributed by atoms with Gasteiger partial charge in [0.15, 0.2) is 0 Å². The normalized spacial score (nSPS) is 11.3. The first kappa shape index (κ1) is 17.8. The number of para-hydroxylation sites is 1. The van der Waals surface area contributed by atoms with E-state index in [4.69, 9.17) is 4.74 Å². The van der Waals surface area contributed by atoms with Gasteiger partial charge in [-0.3, -0.25) is 9.82 Å². The Morgan fingerprint density at radius 2 is 1.82 bits per heavy atom. The summed E-state index contributed by atoms with van der Waals surface area (Å²) in [6.45, 7) is 1.87. The lowest BCUT2D eigenvalue weighted by Crippen LogP contribution is -2.12. The van der Waals surface area contributed by atoms with Crippen LogP contribution in [0, 0.1) is 6.92 Å². The topological polar surface area (TPSA) is 102 Å². The molecule has 9 heteroatoms. The molecule has 2 heterocycles. The fourth-order valence-corrected chi connectivity index (χ4v) is 3.53. The van der Waals surface area contributed by atoms with Crippen LogP contribution < -0.4 is 9.46 Å². The molecule has 0 aliphatic carbocycles. The average Bonchev–Trinajstić information content (AvgIpc) is 3.34. The summed E-state index contributed by atoms with van der Waals surface area (Å²) in [4.78, 5) is 0.0728. The number of sulfonamides is 1. The van der Waals surface area contributed by atoms with Gasteiger partial charge in [-0.1, -0.05) is 18.2 Å². The summed E-state index contributed by atoms with van der Waals surface area (Å²) in [5.41, 5.74) is 2.08. The van der Waals surface area contributed by atoms with Crippen LogP contribution in [0.4, 0.5) is 5.69 Å². The van der Waals surface area contributed by atoms with Crippen molar-refractivity contribution in [2.45, 2.75) is 11.8 Å². The molecule has 4 aromatic rings. The number of H-pyrrole nitrogens is 1. The van der Waals surface area contributed by atoms with E-state index in [2.05, 4.69) is 20.0 Å². The number of nitrogens with zero attached hydrogens (tertiary/aromatic N) is 3.